The highest BCUT2D eigenvalue weighted by atomic mass is 32.1. The van der Waals surface area contributed by atoms with Crippen molar-refractivity contribution < 1.29 is 26.3 Å². The van der Waals surface area contributed by atoms with E-state index in [0.717, 1.165) is 53.8 Å². The molecule has 4 nitrogen and oxygen atoms in total. The first kappa shape index (κ1) is 33.6. The second-order valence-corrected chi connectivity index (χ2v) is 11.7. The molecule has 0 saturated heterocycles. The third-order valence-corrected chi connectivity index (χ3v) is 8.69. The van der Waals surface area contributed by atoms with E-state index in [2.05, 4.69) is 16.8 Å². The Kier molecular flexibility index (Phi) is 10.8. The molecule has 0 atom stereocenters. The zero-order chi connectivity index (χ0) is 32.1. The van der Waals surface area contributed by atoms with Crippen molar-refractivity contribution in [1.82, 2.24) is 9.97 Å². The maximum Gasteiger partial charge on any atom is 0.416 e. The lowest BCUT2D eigenvalue weighted by Gasteiger charge is -2.30. The number of nitrogens with zero attached hydrogens (tertiary/aromatic N) is 4. The summed E-state index contributed by atoms with van der Waals surface area (Å²) in [6, 6.07) is 11.5. The molecule has 0 spiro atoms. The number of benzene rings is 2. The van der Waals surface area contributed by atoms with Gasteiger partial charge in [0.05, 0.1) is 22.3 Å². The highest BCUT2D eigenvalue weighted by Gasteiger charge is 2.37. The number of hydrogen-bond donors (Lipinski definition) is 0. The van der Waals surface area contributed by atoms with E-state index in [0.29, 0.717) is 23.3 Å². The Balaban J connectivity index is 0.00000216. The Morgan fingerprint density at radius 2 is 1.48 bits per heavy atom. The zero-order valence-corrected chi connectivity index (χ0v) is 26.2. The molecule has 4 aromatic rings. The van der Waals surface area contributed by atoms with Gasteiger partial charge in [0.15, 0.2) is 5.13 Å². The normalized spacial score (nSPS) is 14.0. The summed E-state index contributed by atoms with van der Waals surface area (Å²) in [5.41, 5.74) is -0.379. The summed E-state index contributed by atoms with van der Waals surface area (Å²) in [4.78, 5) is 13.6. The minimum Gasteiger partial charge on any atom is -0.356 e. The SMILES string of the molecule is CC.CCN(CC1CCCC1)c1nc2ccccc2cc1CN(Cc1cc(C(F)(F)F)cc(C(F)(F)F)c1)c1nc(C)cs1. The average molecular weight is 637 g/mol. The first-order valence-corrected chi connectivity index (χ1v) is 15.9. The molecule has 1 saturated carbocycles. The van der Waals surface area contributed by atoms with Gasteiger partial charge in [0.1, 0.15) is 5.82 Å². The maximum absolute atomic E-state index is 13.6. The Bertz CT molecular complexity index is 1490. The third-order valence-electron chi connectivity index (χ3n) is 7.67. The zero-order valence-electron chi connectivity index (χ0n) is 25.4. The number of halogens is 6. The number of para-hydroxylation sites is 1. The number of hydrogen-bond acceptors (Lipinski definition) is 5. The van der Waals surface area contributed by atoms with Crippen LogP contribution in [-0.2, 0) is 25.4 Å². The summed E-state index contributed by atoms with van der Waals surface area (Å²) in [7, 11) is 0. The summed E-state index contributed by atoms with van der Waals surface area (Å²) < 4.78 is 81.8. The van der Waals surface area contributed by atoms with Crippen LogP contribution in [0.3, 0.4) is 0 Å². The average Bonchev–Trinajstić information content (AvgIpc) is 3.67. The molecule has 0 aliphatic heterocycles. The smallest absolute Gasteiger partial charge is 0.356 e. The molecule has 0 bridgehead atoms. The third kappa shape index (κ3) is 8.22. The second kappa shape index (κ2) is 14.2. The lowest BCUT2D eigenvalue weighted by atomic mass is 10.0. The number of aryl methyl sites for hydroxylation is 1. The summed E-state index contributed by atoms with van der Waals surface area (Å²) in [6.45, 7) is 9.44. The minimum atomic E-state index is -4.92. The van der Waals surface area contributed by atoms with Gasteiger partial charge in [0, 0.05) is 42.5 Å². The molecule has 1 fully saturated rings. The minimum absolute atomic E-state index is 0.0985. The molecule has 1 aliphatic rings. The van der Waals surface area contributed by atoms with Crippen molar-refractivity contribution in [2.24, 2.45) is 5.92 Å². The first-order valence-electron chi connectivity index (χ1n) is 15.0. The molecule has 2 heterocycles. The van der Waals surface area contributed by atoms with Crippen LogP contribution in [-0.4, -0.2) is 23.1 Å². The van der Waals surface area contributed by atoms with Crippen LogP contribution in [0.15, 0.2) is 53.9 Å². The van der Waals surface area contributed by atoms with E-state index in [9.17, 15) is 26.3 Å². The van der Waals surface area contributed by atoms with E-state index in [-0.39, 0.29) is 24.7 Å². The Hall–Kier alpha value is -3.34. The van der Waals surface area contributed by atoms with Gasteiger partial charge in [-0.2, -0.15) is 26.3 Å². The number of alkyl halides is 6. The maximum atomic E-state index is 13.6. The van der Waals surface area contributed by atoms with Crippen molar-refractivity contribution in [3.63, 3.8) is 0 Å². The van der Waals surface area contributed by atoms with Gasteiger partial charge in [0.2, 0.25) is 0 Å². The van der Waals surface area contributed by atoms with Crippen molar-refractivity contribution in [2.45, 2.75) is 78.8 Å². The molecule has 0 unspecified atom stereocenters. The Labute approximate surface area is 258 Å². The predicted molar refractivity (Wildman–Crippen MR) is 166 cm³/mol. The number of anilines is 2. The van der Waals surface area contributed by atoms with Crippen LogP contribution in [0.1, 0.15) is 74.4 Å². The van der Waals surface area contributed by atoms with Crippen LogP contribution in [0.25, 0.3) is 10.9 Å². The van der Waals surface area contributed by atoms with E-state index in [1.807, 2.05) is 49.6 Å². The van der Waals surface area contributed by atoms with Gasteiger partial charge in [-0.1, -0.05) is 44.9 Å². The molecule has 44 heavy (non-hydrogen) atoms. The predicted octanol–water partition coefficient (Wildman–Crippen LogP) is 10.3. The fourth-order valence-corrected chi connectivity index (χ4v) is 6.43. The molecule has 2 aromatic heterocycles. The second-order valence-electron chi connectivity index (χ2n) is 10.9. The van der Waals surface area contributed by atoms with E-state index < -0.39 is 23.5 Å². The number of pyridine rings is 1. The van der Waals surface area contributed by atoms with E-state index in [1.54, 1.807) is 11.8 Å². The van der Waals surface area contributed by atoms with Crippen LogP contribution >= 0.6 is 11.3 Å². The van der Waals surface area contributed by atoms with Crippen LogP contribution in [0.2, 0.25) is 0 Å². The van der Waals surface area contributed by atoms with Crippen molar-refractivity contribution in [3.05, 3.63) is 81.9 Å². The summed E-state index contributed by atoms with van der Waals surface area (Å²) in [5.74, 6) is 1.33. The quantitative estimate of drug-likeness (QED) is 0.171. The van der Waals surface area contributed by atoms with E-state index >= 15 is 0 Å². The molecule has 0 radical (unpaired) electrons. The van der Waals surface area contributed by atoms with Crippen LogP contribution in [0.5, 0.6) is 0 Å². The summed E-state index contributed by atoms with van der Waals surface area (Å²) in [6.07, 6.45) is -5.13. The van der Waals surface area contributed by atoms with Crippen molar-refractivity contribution in [3.8, 4) is 0 Å². The number of fused-ring (bicyclic) bond motifs is 1. The summed E-state index contributed by atoms with van der Waals surface area (Å²) >= 11 is 1.30. The topological polar surface area (TPSA) is 32.3 Å². The molecular weight excluding hydrogens is 598 g/mol. The van der Waals surface area contributed by atoms with Gasteiger partial charge in [0.25, 0.3) is 0 Å². The highest BCUT2D eigenvalue weighted by molar-refractivity contribution is 7.13. The van der Waals surface area contributed by atoms with Crippen molar-refractivity contribution >= 4 is 33.2 Å². The van der Waals surface area contributed by atoms with Gasteiger partial charge in [-0.15, -0.1) is 11.3 Å². The molecule has 5 rings (SSSR count). The Morgan fingerprint density at radius 1 is 0.841 bits per heavy atom. The lowest BCUT2D eigenvalue weighted by Crippen LogP contribution is -2.31. The molecule has 0 amide bonds. The van der Waals surface area contributed by atoms with Gasteiger partial charge < -0.3 is 9.80 Å². The fourth-order valence-electron chi connectivity index (χ4n) is 5.62. The van der Waals surface area contributed by atoms with Crippen LogP contribution < -0.4 is 9.80 Å². The molecular formula is C33H38F6N4S. The molecule has 238 valence electrons. The first-order chi connectivity index (χ1) is 20.9. The van der Waals surface area contributed by atoms with Gasteiger partial charge >= 0.3 is 12.4 Å². The molecule has 0 N–H and O–H groups in total. The van der Waals surface area contributed by atoms with Gasteiger partial charge in [-0.3, -0.25) is 0 Å². The van der Waals surface area contributed by atoms with E-state index in [4.69, 9.17) is 4.98 Å². The largest absolute Gasteiger partial charge is 0.416 e. The van der Waals surface area contributed by atoms with Crippen LogP contribution in [0.4, 0.5) is 37.3 Å². The number of thiazole rings is 1. The number of aromatic nitrogens is 2. The Morgan fingerprint density at radius 3 is 2.05 bits per heavy atom. The van der Waals surface area contributed by atoms with Crippen molar-refractivity contribution in [2.75, 3.05) is 22.9 Å². The monoisotopic (exact) mass is 636 g/mol. The highest BCUT2D eigenvalue weighted by Crippen LogP contribution is 2.38. The van der Waals surface area contributed by atoms with Crippen LogP contribution in [0, 0.1) is 12.8 Å². The van der Waals surface area contributed by atoms with E-state index in [1.165, 1.54) is 24.2 Å². The fraction of sp³-hybridized carbons (Fsp3) is 0.455. The standard InChI is InChI=1S/C31H32F6N4S.C2H6/c1-3-40(16-21-8-4-5-9-21)28-24(14-23-10-6-7-11-27(23)39-28)18-41(29-38-20(2)19-42-29)17-22-12-25(30(32,33)34)15-26(13-22)31(35,36)37;1-2/h6-7,10-15,19,21H,3-5,8-9,16-18H2,1-2H3;1-2H3. The van der Waals surface area contributed by atoms with Crippen molar-refractivity contribution in [1.29, 1.82) is 0 Å². The molecule has 1 aliphatic carbocycles. The van der Waals surface area contributed by atoms with Gasteiger partial charge in [-0.25, -0.2) is 9.97 Å². The number of rotatable bonds is 9. The lowest BCUT2D eigenvalue weighted by molar-refractivity contribution is -0.143. The molecule has 2 aromatic carbocycles. The molecule has 11 heteroatoms. The van der Waals surface area contributed by atoms with Gasteiger partial charge in [-0.05, 0) is 68.5 Å². The summed E-state index contributed by atoms with van der Waals surface area (Å²) in [5, 5.41) is 3.23.